The molecule has 0 aliphatic rings. The second-order valence-electron chi connectivity index (χ2n) is 6.42. The maximum atomic E-state index is 12.9. The van der Waals surface area contributed by atoms with E-state index in [2.05, 4.69) is 20.4 Å². The number of nitrogens with one attached hydrogen (secondary N) is 2. The molecule has 2 rings (SSSR count). The Hall–Kier alpha value is -3.07. The fourth-order valence-corrected chi connectivity index (χ4v) is 2.82. The number of aliphatic imine (C=N–C) groups is 1. The van der Waals surface area contributed by atoms with Gasteiger partial charge in [0.1, 0.15) is 5.75 Å². The van der Waals surface area contributed by atoms with Crippen LogP contribution in [0.15, 0.2) is 47.5 Å². The predicted octanol–water partition coefficient (Wildman–Crippen LogP) is 3.48. The molecule has 3 N–H and O–H groups in total. The largest absolute Gasteiger partial charge is 0.497 e. The van der Waals surface area contributed by atoms with Crippen LogP contribution in [-0.2, 0) is 6.54 Å². The monoisotopic (exact) mass is 437 g/mol. The van der Waals surface area contributed by atoms with E-state index in [0.717, 1.165) is 5.56 Å². The Balaban J connectivity index is 2.10. The molecule has 0 amide bonds. The van der Waals surface area contributed by atoms with Crippen LogP contribution in [0.25, 0.3) is 0 Å². The molecule has 0 aliphatic heterocycles. The van der Waals surface area contributed by atoms with Gasteiger partial charge in [-0.1, -0.05) is 24.3 Å². The lowest BCUT2D eigenvalue weighted by Crippen LogP contribution is -2.39. The first kappa shape index (κ1) is 24.2. The highest BCUT2D eigenvalue weighted by Gasteiger charge is 2.16. The molecule has 0 radical (unpaired) electrons. The molecule has 0 aliphatic carbocycles. The second-order valence-corrected chi connectivity index (χ2v) is 6.42. The van der Waals surface area contributed by atoms with E-state index < -0.39 is 12.7 Å². The summed E-state index contributed by atoms with van der Waals surface area (Å²) in [7, 11) is 1.58. The lowest BCUT2D eigenvalue weighted by Gasteiger charge is -2.17. The second kappa shape index (κ2) is 12.6. The topological polar surface area (TPSA) is 84.3 Å². The number of aliphatic hydroxyl groups excluding tert-OH is 1. The first-order valence-electron chi connectivity index (χ1n) is 10.0. The van der Waals surface area contributed by atoms with Crippen LogP contribution in [0.3, 0.4) is 0 Å². The summed E-state index contributed by atoms with van der Waals surface area (Å²) < 4.78 is 41.0. The van der Waals surface area contributed by atoms with Crippen molar-refractivity contribution in [1.29, 1.82) is 0 Å². The number of methoxy groups -OCH3 is 1. The van der Waals surface area contributed by atoms with E-state index in [1.165, 1.54) is 0 Å². The summed E-state index contributed by atoms with van der Waals surface area (Å²) in [6.07, 6.45) is -0.770. The number of ether oxygens (including phenoxy) is 3. The molecule has 7 nitrogen and oxygen atoms in total. The Morgan fingerprint density at radius 1 is 1.10 bits per heavy atom. The molecule has 0 saturated heterocycles. The van der Waals surface area contributed by atoms with Gasteiger partial charge in [0.15, 0.2) is 17.5 Å². The van der Waals surface area contributed by atoms with Gasteiger partial charge in [-0.25, -0.2) is 4.99 Å². The van der Waals surface area contributed by atoms with Gasteiger partial charge in [-0.05, 0) is 37.6 Å². The average Bonchev–Trinajstić information content (AvgIpc) is 2.77. The van der Waals surface area contributed by atoms with Gasteiger partial charge in [0.05, 0.1) is 26.4 Å². The van der Waals surface area contributed by atoms with Gasteiger partial charge >= 0.3 is 6.61 Å². The molecule has 2 aromatic carbocycles. The average molecular weight is 437 g/mol. The van der Waals surface area contributed by atoms with Crippen LogP contribution >= 0.6 is 0 Å². The smallest absolute Gasteiger partial charge is 0.387 e. The van der Waals surface area contributed by atoms with Crippen molar-refractivity contribution in [3.8, 4) is 17.2 Å². The van der Waals surface area contributed by atoms with Gasteiger partial charge in [0.25, 0.3) is 0 Å². The number of para-hydroxylation sites is 1. The summed E-state index contributed by atoms with van der Waals surface area (Å²) >= 11 is 0. The van der Waals surface area contributed by atoms with Crippen LogP contribution in [0.2, 0.25) is 0 Å². The summed E-state index contributed by atoms with van der Waals surface area (Å²) in [6, 6.07) is 12.0. The lowest BCUT2D eigenvalue weighted by atomic mass is 10.1. The van der Waals surface area contributed by atoms with Gasteiger partial charge in [0.2, 0.25) is 0 Å². The predicted molar refractivity (Wildman–Crippen MR) is 115 cm³/mol. The molecule has 0 aromatic heterocycles. The molecule has 1 unspecified atom stereocenters. The molecule has 170 valence electrons. The molecule has 31 heavy (non-hydrogen) atoms. The molecular weight excluding hydrogens is 408 g/mol. The van der Waals surface area contributed by atoms with E-state index in [-0.39, 0.29) is 24.6 Å². The Morgan fingerprint density at radius 3 is 2.45 bits per heavy atom. The number of hydrogen-bond acceptors (Lipinski definition) is 5. The van der Waals surface area contributed by atoms with Crippen molar-refractivity contribution in [1.82, 2.24) is 10.6 Å². The van der Waals surface area contributed by atoms with Gasteiger partial charge in [0, 0.05) is 18.7 Å². The lowest BCUT2D eigenvalue weighted by molar-refractivity contribution is -0.0520. The number of aliphatic hydroxyl groups is 1. The molecular formula is C22H29F2N3O4. The summed E-state index contributed by atoms with van der Waals surface area (Å²) in [5.41, 5.74) is 1.18. The van der Waals surface area contributed by atoms with E-state index >= 15 is 0 Å². The minimum absolute atomic E-state index is 0.0304. The number of alkyl halides is 2. The Kier molecular flexibility index (Phi) is 9.83. The number of halogens is 2. The van der Waals surface area contributed by atoms with Gasteiger partial charge in [-0.15, -0.1) is 0 Å². The highest BCUT2D eigenvalue weighted by molar-refractivity contribution is 5.79. The summed E-state index contributed by atoms with van der Waals surface area (Å²) in [5.74, 6) is 1.34. The maximum absolute atomic E-state index is 12.9. The standard InChI is InChI=1S/C22H29F2N3O4/c1-4-25-22(27-14-18(28)15-9-11-17(29-3)12-10-15)26-13-16-7-6-8-19(30-5-2)20(16)31-21(23)24/h6-12,18,21,28H,4-5,13-14H2,1-3H3,(H2,25,26,27). The Bertz CT molecular complexity index is 832. The van der Waals surface area contributed by atoms with Crippen LogP contribution in [0, 0.1) is 0 Å². The van der Waals surface area contributed by atoms with Crippen molar-refractivity contribution in [2.75, 3.05) is 26.8 Å². The van der Waals surface area contributed by atoms with Crippen molar-refractivity contribution in [3.05, 3.63) is 53.6 Å². The molecule has 9 heteroatoms. The van der Waals surface area contributed by atoms with Crippen LogP contribution in [0.4, 0.5) is 8.78 Å². The number of guanidine groups is 1. The first-order valence-corrected chi connectivity index (χ1v) is 10.0. The zero-order chi connectivity index (χ0) is 22.6. The minimum Gasteiger partial charge on any atom is -0.497 e. The van der Waals surface area contributed by atoms with Crippen LogP contribution < -0.4 is 24.8 Å². The SMILES string of the molecule is CCNC(=NCc1cccc(OCC)c1OC(F)F)NCC(O)c1ccc(OC)cc1. The molecule has 1 atom stereocenters. The van der Waals surface area contributed by atoms with E-state index in [9.17, 15) is 13.9 Å². The highest BCUT2D eigenvalue weighted by Crippen LogP contribution is 2.33. The zero-order valence-corrected chi connectivity index (χ0v) is 17.9. The Morgan fingerprint density at radius 2 is 1.84 bits per heavy atom. The van der Waals surface area contributed by atoms with Gasteiger partial charge < -0.3 is 30.0 Å². The number of benzene rings is 2. The fourth-order valence-electron chi connectivity index (χ4n) is 2.82. The molecule has 0 bridgehead atoms. The van der Waals surface area contributed by atoms with E-state index in [1.54, 1.807) is 56.5 Å². The van der Waals surface area contributed by atoms with Crippen LogP contribution in [0.1, 0.15) is 31.1 Å². The number of rotatable bonds is 11. The Labute approximate surface area is 181 Å². The fraction of sp³-hybridized carbons (Fsp3) is 0.409. The first-order chi connectivity index (χ1) is 15.0. The third-order valence-corrected chi connectivity index (χ3v) is 4.28. The number of nitrogens with zero attached hydrogens (tertiary/aromatic N) is 1. The maximum Gasteiger partial charge on any atom is 0.387 e. The summed E-state index contributed by atoms with van der Waals surface area (Å²) in [5, 5.41) is 16.5. The quantitative estimate of drug-likeness (QED) is 0.369. The molecule has 0 spiro atoms. The highest BCUT2D eigenvalue weighted by atomic mass is 19.3. The molecule has 0 saturated carbocycles. The van der Waals surface area contributed by atoms with E-state index in [0.29, 0.717) is 30.4 Å². The summed E-state index contributed by atoms with van der Waals surface area (Å²) in [4.78, 5) is 4.43. The van der Waals surface area contributed by atoms with Gasteiger partial charge in [-0.3, -0.25) is 0 Å². The van der Waals surface area contributed by atoms with Crippen molar-refractivity contribution in [2.45, 2.75) is 33.1 Å². The number of hydrogen-bond donors (Lipinski definition) is 3. The van der Waals surface area contributed by atoms with Crippen molar-refractivity contribution in [2.24, 2.45) is 4.99 Å². The third-order valence-electron chi connectivity index (χ3n) is 4.28. The molecule has 2 aromatic rings. The van der Waals surface area contributed by atoms with Crippen LogP contribution in [-0.4, -0.2) is 44.5 Å². The van der Waals surface area contributed by atoms with Crippen molar-refractivity contribution >= 4 is 5.96 Å². The normalized spacial score (nSPS) is 12.4. The third kappa shape index (κ3) is 7.60. The summed E-state index contributed by atoms with van der Waals surface area (Å²) in [6.45, 7) is 1.88. The van der Waals surface area contributed by atoms with Crippen LogP contribution in [0.5, 0.6) is 17.2 Å². The molecule has 0 heterocycles. The zero-order valence-electron chi connectivity index (χ0n) is 17.9. The molecule has 0 fully saturated rings. The minimum atomic E-state index is -2.98. The van der Waals surface area contributed by atoms with E-state index in [4.69, 9.17) is 9.47 Å². The van der Waals surface area contributed by atoms with Crippen molar-refractivity contribution in [3.63, 3.8) is 0 Å². The van der Waals surface area contributed by atoms with Gasteiger partial charge in [-0.2, -0.15) is 8.78 Å². The van der Waals surface area contributed by atoms with E-state index in [1.807, 2.05) is 6.92 Å². The van der Waals surface area contributed by atoms with Crippen molar-refractivity contribution < 1.29 is 28.1 Å².